The first-order valence-electron chi connectivity index (χ1n) is 9.96. The average molecular weight is 377 g/mol. The van der Waals surface area contributed by atoms with E-state index in [2.05, 4.69) is 15.2 Å². The van der Waals surface area contributed by atoms with Crippen molar-refractivity contribution in [1.29, 1.82) is 0 Å². The molecule has 26 heavy (non-hydrogen) atoms. The molecule has 0 aromatic carbocycles. The van der Waals surface area contributed by atoms with E-state index in [1.165, 1.54) is 43.4 Å². The normalized spacial score (nSPS) is 22.4. The van der Waals surface area contributed by atoms with E-state index in [-0.39, 0.29) is 17.7 Å². The Morgan fingerprint density at radius 1 is 1.08 bits per heavy atom. The highest BCUT2D eigenvalue weighted by atomic mass is 32.1. The van der Waals surface area contributed by atoms with Gasteiger partial charge in [-0.3, -0.25) is 14.5 Å². The lowest BCUT2D eigenvalue weighted by molar-refractivity contribution is -0.132. The number of piperazine rings is 1. The summed E-state index contributed by atoms with van der Waals surface area (Å²) >= 11 is 1.41. The first kappa shape index (κ1) is 17.9. The predicted molar refractivity (Wildman–Crippen MR) is 102 cm³/mol. The zero-order valence-corrected chi connectivity index (χ0v) is 16.1. The van der Waals surface area contributed by atoms with E-state index >= 15 is 0 Å². The van der Waals surface area contributed by atoms with Gasteiger partial charge in [-0.15, -0.1) is 11.3 Å². The van der Waals surface area contributed by atoms with Crippen molar-refractivity contribution < 1.29 is 9.59 Å². The van der Waals surface area contributed by atoms with E-state index in [4.69, 9.17) is 0 Å². The van der Waals surface area contributed by atoms with Crippen LogP contribution in [0.5, 0.6) is 0 Å². The molecule has 1 aromatic rings. The second-order valence-corrected chi connectivity index (χ2v) is 8.65. The number of thiazole rings is 1. The van der Waals surface area contributed by atoms with Gasteiger partial charge in [-0.25, -0.2) is 4.98 Å². The summed E-state index contributed by atoms with van der Waals surface area (Å²) in [6.45, 7) is 3.64. The summed E-state index contributed by atoms with van der Waals surface area (Å²) in [5, 5.41) is 5.36. The van der Waals surface area contributed by atoms with Crippen LogP contribution in [-0.2, 0) is 16.0 Å². The quantitative estimate of drug-likeness (QED) is 0.858. The Bertz CT molecular complexity index is 644. The lowest BCUT2D eigenvalue weighted by Gasteiger charge is -2.40. The van der Waals surface area contributed by atoms with Gasteiger partial charge in [0.1, 0.15) is 0 Å². The number of nitrogens with one attached hydrogen (secondary N) is 1. The van der Waals surface area contributed by atoms with Gasteiger partial charge in [0.2, 0.25) is 11.8 Å². The Kier molecular flexibility index (Phi) is 5.55. The average Bonchev–Trinajstić information content (AvgIpc) is 3.44. The van der Waals surface area contributed by atoms with Crippen LogP contribution in [0.1, 0.15) is 50.6 Å². The molecular weight excluding hydrogens is 348 g/mol. The topological polar surface area (TPSA) is 65.5 Å². The minimum Gasteiger partial charge on any atom is -0.340 e. The fourth-order valence-electron chi connectivity index (χ4n) is 4.05. The number of hydrogen-bond acceptors (Lipinski definition) is 5. The molecule has 0 radical (unpaired) electrons. The van der Waals surface area contributed by atoms with Crippen LogP contribution in [-0.4, -0.2) is 58.8 Å². The number of anilines is 1. The van der Waals surface area contributed by atoms with Crippen LogP contribution in [0.4, 0.5) is 5.13 Å². The molecule has 0 atom stereocenters. The molecule has 6 nitrogen and oxygen atoms in total. The molecule has 4 rings (SSSR count). The monoisotopic (exact) mass is 376 g/mol. The summed E-state index contributed by atoms with van der Waals surface area (Å²) in [5.74, 6) is 0.388. The summed E-state index contributed by atoms with van der Waals surface area (Å²) in [7, 11) is 0. The molecule has 3 fully saturated rings. The Labute approximate surface area is 159 Å². The molecule has 7 heteroatoms. The number of hydrogen-bond donors (Lipinski definition) is 1. The van der Waals surface area contributed by atoms with E-state index in [1.807, 2.05) is 10.3 Å². The van der Waals surface area contributed by atoms with Crippen LogP contribution in [0.25, 0.3) is 0 Å². The molecule has 2 amide bonds. The second-order valence-electron chi connectivity index (χ2n) is 7.79. The summed E-state index contributed by atoms with van der Waals surface area (Å²) in [5.41, 5.74) is 0.765. The fraction of sp³-hybridized carbons (Fsp3) is 0.737. The molecule has 2 heterocycles. The van der Waals surface area contributed by atoms with Gasteiger partial charge in [0, 0.05) is 43.5 Å². The molecule has 2 aliphatic carbocycles. The lowest BCUT2D eigenvalue weighted by Crippen LogP contribution is -2.52. The number of amides is 2. The van der Waals surface area contributed by atoms with E-state index in [0.29, 0.717) is 11.6 Å². The van der Waals surface area contributed by atoms with E-state index in [0.717, 1.165) is 50.8 Å². The zero-order chi connectivity index (χ0) is 17.9. The highest BCUT2D eigenvalue weighted by Gasteiger charge is 2.30. The maximum Gasteiger partial charge on any atom is 0.229 e. The summed E-state index contributed by atoms with van der Waals surface area (Å²) in [6.07, 6.45) is 9.03. The summed E-state index contributed by atoms with van der Waals surface area (Å²) in [6, 6.07) is 0.733. The molecule has 0 unspecified atom stereocenters. The van der Waals surface area contributed by atoms with Crippen LogP contribution >= 0.6 is 11.3 Å². The zero-order valence-electron chi connectivity index (χ0n) is 15.3. The number of carbonyl (C=O) groups is 2. The number of rotatable bonds is 5. The number of nitrogens with zero attached hydrogens (tertiary/aromatic N) is 3. The second kappa shape index (κ2) is 8.05. The third-order valence-corrected chi connectivity index (χ3v) is 6.63. The predicted octanol–water partition coefficient (Wildman–Crippen LogP) is 2.51. The molecule has 1 aromatic heterocycles. The molecular formula is C19H28N4O2S. The highest BCUT2D eigenvalue weighted by molar-refractivity contribution is 7.13. The summed E-state index contributed by atoms with van der Waals surface area (Å²) in [4.78, 5) is 33.3. The van der Waals surface area contributed by atoms with Crippen LogP contribution < -0.4 is 5.32 Å². The standard InChI is InChI=1S/C19H28N4O2S/c24-17(12-15-13-26-19(20-15)21-18(25)14-6-7-14)23-10-8-22(9-11-23)16-4-2-1-3-5-16/h13-14,16H,1-12H2,(H,20,21,25). The van der Waals surface area contributed by atoms with E-state index in [1.54, 1.807) is 0 Å². The van der Waals surface area contributed by atoms with Crippen LogP contribution in [0.2, 0.25) is 0 Å². The first-order valence-corrected chi connectivity index (χ1v) is 10.8. The van der Waals surface area contributed by atoms with E-state index < -0.39 is 0 Å². The minimum atomic E-state index is 0.0658. The van der Waals surface area contributed by atoms with Crippen LogP contribution in [0.15, 0.2) is 5.38 Å². The smallest absolute Gasteiger partial charge is 0.229 e. The largest absolute Gasteiger partial charge is 0.340 e. The van der Waals surface area contributed by atoms with Crippen molar-refractivity contribution >= 4 is 28.3 Å². The van der Waals surface area contributed by atoms with Crippen molar-refractivity contribution in [2.75, 3.05) is 31.5 Å². The van der Waals surface area contributed by atoms with Crippen LogP contribution in [0.3, 0.4) is 0 Å². The third kappa shape index (κ3) is 4.43. The van der Waals surface area contributed by atoms with Crippen molar-refractivity contribution in [2.45, 2.75) is 57.4 Å². The molecule has 1 aliphatic heterocycles. The molecule has 1 N–H and O–H groups in total. The lowest BCUT2D eigenvalue weighted by atomic mass is 9.94. The molecule has 0 bridgehead atoms. The summed E-state index contributed by atoms with van der Waals surface area (Å²) < 4.78 is 0. The van der Waals surface area contributed by atoms with Gasteiger partial charge in [0.15, 0.2) is 5.13 Å². The number of carbonyl (C=O) groups excluding carboxylic acids is 2. The molecule has 1 saturated heterocycles. The maximum absolute atomic E-state index is 12.6. The highest BCUT2D eigenvalue weighted by Crippen LogP contribution is 2.30. The van der Waals surface area contributed by atoms with Gasteiger partial charge in [-0.05, 0) is 25.7 Å². The van der Waals surface area contributed by atoms with E-state index in [9.17, 15) is 9.59 Å². The van der Waals surface area contributed by atoms with Crippen molar-refractivity contribution in [3.05, 3.63) is 11.1 Å². The molecule has 3 aliphatic rings. The van der Waals surface area contributed by atoms with Crippen LogP contribution in [0, 0.1) is 5.92 Å². The van der Waals surface area contributed by atoms with Gasteiger partial charge in [-0.2, -0.15) is 0 Å². The van der Waals surface area contributed by atoms with Crippen molar-refractivity contribution in [1.82, 2.24) is 14.8 Å². The first-order chi connectivity index (χ1) is 12.7. The number of aromatic nitrogens is 1. The Balaban J connectivity index is 1.23. The Morgan fingerprint density at radius 3 is 2.50 bits per heavy atom. The SMILES string of the molecule is O=C(Nc1nc(CC(=O)N2CCN(C3CCCCC3)CC2)cs1)C1CC1. The maximum atomic E-state index is 12.6. The fourth-order valence-corrected chi connectivity index (χ4v) is 4.76. The van der Waals surface area contributed by atoms with Crippen molar-refractivity contribution in [3.63, 3.8) is 0 Å². The van der Waals surface area contributed by atoms with Gasteiger partial charge in [-0.1, -0.05) is 19.3 Å². The Hall–Kier alpha value is -1.47. The van der Waals surface area contributed by atoms with Crippen molar-refractivity contribution in [3.8, 4) is 0 Å². The minimum absolute atomic E-state index is 0.0658. The van der Waals surface area contributed by atoms with Gasteiger partial charge in [0.05, 0.1) is 12.1 Å². The third-order valence-electron chi connectivity index (χ3n) is 5.82. The molecule has 142 valence electrons. The van der Waals surface area contributed by atoms with Gasteiger partial charge < -0.3 is 10.2 Å². The molecule has 0 spiro atoms. The molecule has 2 saturated carbocycles. The van der Waals surface area contributed by atoms with Gasteiger partial charge >= 0.3 is 0 Å². The van der Waals surface area contributed by atoms with Gasteiger partial charge in [0.25, 0.3) is 0 Å². The Morgan fingerprint density at radius 2 is 1.81 bits per heavy atom. The van der Waals surface area contributed by atoms with Crippen molar-refractivity contribution in [2.24, 2.45) is 5.92 Å².